The first-order valence-corrected chi connectivity index (χ1v) is 7.57. The van der Waals surface area contributed by atoms with Gasteiger partial charge in [-0.1, -0.05) is 6.07 Å². The second-order valence-electron chi connectivity index (χ2n) is 5.82. The molecule has 6 nitrogen and oxygen atoms in total. The minimum Gasteiger partial charge on any atom is -0.345 e. The summed E-state index contributed by atoms with van der Waals surface area (Å²) in [5.74, 6) is -1.29. The van der Waals surface area contributed by atoms with Crippen molar-refractivity contribution in [2.75, 3.05) is 16.8 Å². The Labute approximate surface area is 128 Å². The third-order valence-electron chi connectivity index (χ3n) is 3.96. The fourth-order valence-corrected chi connectivity index (χ4v) is 2.65. The molecule has 2 aliphatic rings. The molecule has 3 rings (SSSR count). The maximum absolute atomic E-state index is 11.9. The van der Waals surface area contributed by atoms with Crippen LogP contribution in [0.1, 0.15) is 31.7 Å². The largest absolute Gasteiger partial charge is 0.345 e. The van der Waals surface area contributed by atoms with E-state index in [1.54, 1.807) is 17.0 Å². The lowest BCUT2D eigenvalue weighted by Crippen LogP contribution is -2.37. The average molecular weight is 301 g/mol. The topological polar surface area (TPSA) is 78.5 Å². The van der Waals surface area contributed by atoms with Crippen LogP contribution in [-0.2, 0) is 20.8 Å². The summed E-state index contributed by atoms with van der Waals surface area (Å²) in [5, 5.41) is 5.24. The summed E-state index contributed by atoms with van der Waals surface area (Å²) in [6.45, 7) is 2.21. The van der Waals surface area contributed by atoms with Crippen molar-refractivity contribution < 1.29 is 14.4 Å². The first-order chi connectivity index (χ1) is 10.5. The third-order valence-corrected chi connectivity index (χ3v) is 3.96. The number of benzene rings is 1. The minimum absolute atomic E-state index is 0.0177. The van der Waals surface area contributed by atoms with Crippen molar-refractivity contribution in [1.29, 1.82) is 0 Å². The lowest BCUT2D eigenvalue weighted by Gasteiger charge is -2.29. The zero-order valence-electron chi connectivity index (χ0n) is 12.5. The lowest BCUT2D eigenvalue weighted by molar-refractivity contribution is -0.136. The highest BCUT2D eigenvalue weighted by molar-refractivity contribution is 6.39. The van der Waals surface area contributed by atoms with E-state index in [0.29, 0.717) is 12.2 Å². The van der Waals surface area contributed by atoms with Gasteiger partial charge in [-0.15, -0.1) is 0 Å². The van der Waals surface area contributed by atoms with Gasteiger partial charge in [0.1, 0.15) is 0 Å². The molecule has 3 amide bonds. The molecule has 0 unspecified atom stereocenters. The summed E-state index contributed by atoms with van der Waals surface area (Å²) in [7, 11) is 0. The van der Waals surface area contributed by atoms with E-state index in [-0.39, 0.29) is 11.9 Å². The maximum atomic E-state index is 11.9. The van der Waals surface area contributed by atoms with Crippen molar-refractivity contribution in [3.05, 3.63) is 23.8 Å². The number of nitrogens with zero attached hydrogens (tertiary/aromatic N) is 1. The quantitative estimate of drug-likeness (QED) is 0.806. The Kier molecular flexibility index (Phi) is 3.83. The number of fused-ring (bicyclic) bond motifs is 1. The Balaban J connectivity index is 1.74. The van der Waals surface area contributed by atoms with E-state index in [1.807, 2.05) is 6.07 Å². The van der Waals surface area contributed by atoms with Crippen LogP contribution in [0.2, 0.25) is 0 Å². The molecule has 0 radical (unpaired) electrons. The van der Waals surface area contributed by atoms with Gasteiger partial charge in [-0.3, -0.25) is 14.4 Å². The van der Waals surface area contributed by atoms with Gasteiger partial charge in [0.2, 0.25) is 5.91 Å². The second kappa shape index (κ2) is 5.79. The van der Waals surface area contributed by atoms with Crippen LogP contribution in [0.15, 0.2) is 18.2 Å². The zero-order chi connectivity index (χ0) is 15.7. The number of hydrogen-bond acceptors (Lipinski definition) is 3. The average Bonchev–Trinajstić information content (AvgIpc) is 3.30. The van der Waals surface area contributed by atoms with E-state index in [2.05, 4.69) is 10.6 Å². The van der Waals surface area contributed by atoms with Crippen LogP contribution in [0.25, 0.3) is 0 Å². The van der Waals surface area contributed by atoms with Gasteiger partial charge >= 0.3 is 11.8 Å². The summed E-state index contributed by atoms with van der Waals surface area (Å²) in [5.41, 5.74) is 2.43. The Hall–Kier alpha value is -2.37. The molecule has 1 aliphatic carbocycles. The molecule has 22 heavy (non-hydrogen) atoms. The van der Waals surface area contributed by atoms with Gasteiger partial charge in [-0.2, -0.15) is 0 Å². The van der Waals surface area contributed by atoms with E-state index < -0.39 is 11.8 Å². The van der Waals surface area contributed by atoms with Gasteiger partial charge in [0, 0.05) is 30.9 Å². The van der Waals surface area contributed by atoms with Crippen LogP contribution in [0, 0.1) is 0 Å². The molecule has 1 saturated carbocycles. The van der Waals surface area contributed by atoms with E-state index in [9.17, 15) is 14.4 Å². The summed E-state index contributed by atoms with van der Waals surface area (Å²) < 4.78 is 0. The fraction of sp³-hybridized carbons (Fsp3) is 0.438. The summed E-state index contributed by atoms with van der Waals surface area (Å²) in [6, 6.07) is 5.58. The van der Waals surface area contributed by atoms with E-state index in [4.69, 9.17) is 0 Å². The zero-order valence-corrected chi connectivity index (χ0v) is 12.5. The molecule has 0 saturated heterocycles. The Morgan fingerprint density at radius 2 is 1.95 bits per heavy atom. The molecule has 1 heterocycles. The predicted octanol–water partition coefficient (Wildman–Crippen LogP) is 1.20. The number of aryl methyl sites for hydroxylation is 1. The van der Waals surface area contributed by atoms with Crippen LogP contribution in [0.4, 0.5) is 11.4 Å². The maximum Gasteiger partial charge on any atom is 0.313 e. The van der Waals surface area contributed by atoms with Gasteiger partial charge < -0.3 is 15.5 Å². The number of carbonyl (C=O) groups is 3. The Morgan fingerprint density at radius 1 is 1.18 bits per heavy atom. The number of rotatable bonds is 2. The van der Waals surface area contributed by atoms with Gasteiger partial charge in [0.05, 0.1) is 0 Å². The molecule has 1 fully saturated rings. The molecule has 6 heteroatoms. The van der Waals surface area contributed by atoms with Crippen molar-refractivity contribution >= 4 is 29.1 Å². The number of hydrogen-bond donors (Lipinski definition) is 2. The van der Waals surface area contributed by atoms with Crippen LogP contribution >= 0.6 is 0 Å². The molecule has 1 aromatic rings. The molecule has 0 bridgehead atoms. The highest BCUT2D eigenvalue weighted by Gasteiger charge is 2.27. The van der Waals surface area contributed by atoms with Crippen LogP contribution in [0.3, 0.4) is 0 Å². The van der Waals surface area contributed by atoms with E-state index in [1.165, 1.54) is 6.92 Å². The van der Waals surface area contributed by atoms with Crippen molar-refractivity contribution in [3.63, 3.8) is 0 Å². The van der Waals surface area contributed by atoms with E-state index in [0.717, 1.165) is 36.9 Å². The fourth-order valence-electron chi connectivity index (χ4n) is 2.65. The molecule has 0 spiro atoms. The smallest absolute Gasteiger partial charge is 0.313 e. The van der Waals surface area contributed by atoms with Crippen LogP contribution in [-0.4, -0.2) is 30.3 Å². The van der Waals surface area contributed by atoms with Crippen molar-refractivity contribution in [2.24, 2.45) is 0 Å². The summed E-state index contributed by atoms with van der Waals surface area (Å²) in [4.78, 5) is 36.9. The number of carbonyl (C=O) groups excluding carboxylic acids is 3. The van der Waals surface area contributed by atoms with Crippen LogP contribution < -0.4 is 15.5 Å². The molecule has 0 aromatic heterocycles. The molecular weight excluding hydrogens is 282 g/mol. The predicted molar refractivity (Wildman–Crippen MR) is 82.6 cm³/mol. The molecule has 1 aliphatic heterocycles. The summed E-state index contributed by atoms with van der Waals surface area (Å²) >= 11 is 0. The minimum atomic E-state index is -0.669. The van der Waals surface area contributed by atoms with Crippen molar-refractivity contribution in [2.45, 2.75) is 38.6 Å². The first kappa shape index (κ1) is 14.6. The second-order valence-corrected chi connectivity index (χ2v) is 5.82. The SMILES string of the molecule is CC(=O)N1CCCc2ccc(NC(=O)C(=O)NC3CC3)cc21. The molecule has 1 aromatic carbocycles. The van der Waals surface area contributed by atoms with Gasteiger partial charge in [-0.25, -0.2) is 0 Å². The number of amides is 3. The first-order valence-electron chi connectivity index (χ1n) is 7.57. The molecule has 2 N–H and O–H groups in total. The standard InChI is InChI=1S/C16H19N3O3/c1-10(20)19-8-2-3-11-4-5-13(9-14(11)19)18-16(22)15(21)17-12-6-7-12/h4-5,9,12H,2-3,6-8H2,1H3,(H,17,21)(H,18,22). The van der Waals surface area contributed by atoms with Crippen molar-refractivity contribution in [1.82, 2.24) is 5.32 Å². The van der Waals surface area contributed by atoms with Crippen LogP contribution in [0.5, 0.6) is 0 Å². The monoisotopic (exact) mass is 301 g/mol. The van der Waals surface area contributed by atoms with Gasteiger partial charge in [0.25, 0.3) is 0 Å². The Bertz CT molecular complexity index is 638. The molecule has 116 valence electrons. The van der Waals surface area contributed by atoms with E-state index >= 15 is 0 Å². The van der Waals surface area contributed by atoms with Gasteiger partial charge in [0.15, 0.2) is 0 Å². The normalized spacial score (nSPS) is 16.7. The number of anilines is 2. The highest BCUT2D eigenvalue weighted by Crippen LogP contribution is 2.30. The Morgan fingerprint density at radius 3 is 2.64 bits per heavy atom. The molecular formula is C16H19N3O3. The molecule has 0 atom stereocenters. The van der Waals surface area contributed by atoms with Gasteiger partial charge in [-0.05, 0) is 43.4 Å². The third kappa shape index (κ3) is 3.10. The highest BCUT2D eigenvalue weighted by atomic mass is 16.2. The summed E-state index contributed by atoms with van der Waals surface area (Å²) in [6.07, 6.45) is 3.72. The number of nitrogens with one attached hydrogen (secondary N) is 2. The van der Waals surface area contributed by atoms with Crippen molar-refractivity contribution in [3.8, 4) is 0 Å². The lowest BCUT2D eigenvalue weighted by atomic mass is 10.0.